The van der Waals surface area contributed by atoms with Crippen LogP contribution in [-0.4, -0.2) is 36.6 Å². The lowest BCUT2D eigenvalue weighted by atomic mass is 9.93. The van der Waals surface area contributed by atoms with E-state index in [4.69, 9.17) is 0 Å². The Morgan fingerprint density at radius 1 is 0.762 bits per heavy atom. The van der Waals surface area contributed by atoms with Crippen LogP contribution < -0.4 is 5.32 Å². The van der Waals surface area contributed by atoms with Gasteiger partial charge in [-0.15, -0.1) is 0 Å². The first kappa shape index (κ1) is 17.3. The van der Waals surface area contributed by atoms with Crippen LogP contribution in [0.2, 0.25) is 0 Å². The van der Waals surface area contributed by atoms with Crippen molar-refractivity contribution in [3.8, 4) is 0 Å². The van der Waals surface area contributed by atoms with Crippen molar-refractivity contribution in [1.29, 1.82) is 0 Å². The van der Waals surface area contributed by atoms with Gasteiger partial charge < -0.3 is 5.32 Å². The molecule has 2 nitrogen and oxygen atoms in total. The van der Waals surface area contributed by atoms with Gasteiger partial charge in [-0.25, -0.2) is 0 Å². The van der Waals surface area contributed by atoms with Gasteiger partial charge >= 0.3 is 0 Å². The summed E-state index contributed by atoms with van der Waals surface area (Å²) in [7, 11) is 0. The van der Waals surface area contributed by atoms with E-state index in [-0.39, 0.29) is 0 Å². The number of nitrogens with one attached hydrogen (secondary N) is 1. The summed E-state index contributed by atoms with van der Waals surface area (Å²) >= 11 is 0. The summed E-state index contributed by atoms with van der Waals surface area (Å²) < 4.78 is 0. The lowest BCUT2D eigenvalue weighted by Gasteiger charge is -2.36. The molecular weight excluding hydrogens is 256 g/mol. The molecule has 0 aromatic rings. The van der Waals surface area contributed by atoms with Crippen LogP contribution in [0, 0.1) is 0 Å². The molecule has 0 bridgehead atoms. The van der Waals surface area contributed by atoms with Crippen LogP contribution in [-0.2, 0) is 0 Å². The molecule has 1 heterocycles. The summed E-state index contributed by atoms with van der Waals surface area (Å²) in [6, 6.07) is 1.57. The Hall–Kier alpha value is -0.0800. The highest BCUT2D eigenvalue weighted by Crippen LogP contribution is 2.24. The smallest absolute Gasteiger partial charge is 0.0249 e. The lowest BCUT2D eigenvalue weighted by Crippen LogP contribution is -2.49. The van der Waals surface area contributed by atoms with Crippen LogP contribution in [0.3, 0.4) is 0 Å². The molecule has 2 heteroatoms. The van der Waals surface area contributed by atoms with E-state index in [1.807, 2.05) is 0 Å². The number of nitrogens with zero attached hydrogens (tertiary/aromatic N) is 1. The third-order valence-electron chi connectivity index (χ3n) is 5.50. The molecule has 0 radical (unpaired) electrons. The Balaban J connectivity index is 1.94. The maximum atomic E-state index is 3.91. The molecule has 1 saturated heterocycles. The van der Waals surface area contributed by atoms with Crippen molar-refractivity contribution in [2.45, 2.75) is 102 Å². The van der Waals surface area contributed by atoms with Crippen LogP contribution >= 0.6 is 0 Å². The second-order valence-corrected chi connectivity index (χ2v) is 7.28. The third kappa shape index (κ3) is 6.28. The van der Waals surface area contributed by atoms with Gasteiger partial charge in [-0.1, -0.05) is 58.3 Å². The highest BCUT2D eigenvalue weighted by molar-refractivity contribution is 4.87. The van der Waals surface area contributed by atoms with Crippen molar-refractivity contribution < 1.29 is 0 Å². The van der Waals surface area contributed by atoms with Gasteiger partial charge in [-0.05, 0) is 51.7 Å². The molecule has 2 atom stereocenters. The fraction of sp³-hybridized carbons (Fsp3) is 1.00. The van der Waals surface area contributed by atoms with Crippen molar-refractivity contribution in [3.63, 3.8) is 0 Å². The molecule has 1 saturated carbocycles. The maximum Gasteiger partial charge on any atom is 0.0249 e. The molecule has 2 unspecified atom stereocenters. The summed E-state index contributed by atoms with van der Waals surface area (Å²) in [4.78, 5) is 2.82. The Labute approximate surface area is 133 Å². The van der Waals surface area contributed by atoms with Crippen molar-refractivity contribution in [3.05, 3.63) is 0 Å². The largest absolute Gasteiger partial charge is 0.312 e. The molecule has 1 aliphatic carbocycles. The molecule has 2 rings (SSSR count). The summed E-state index contributed by atoms with van der Waals surface area (Å²) in [5.74, 6) is 0. The van der Waals surface area contributed by atoms with E-state index in [9.17, 15) is 0 Å². The molecule has 1 aliphatic heterocycles. The maximum absolute atomic E-state index is 3.91. The minimum Gasteiger partial charge on any atom is -0.312 e. The first-order valence-corrected chi connectivity index (χ1v) is 9.89. The number of likely N-dealkylation sites (tertiary alicyclic amines) is 1. The zero-order valence-electron chi connectivity index (χ0n) is 14.4. The van der Waals surface area contributed by atoms with E-state index in [1.54, 1.807) is 0 Å². The van der Waals surface area contributed by atoms with E-state index < -0.39 is 0 Å². The van der Waals surface area contributed by atoms with Crippen molar-refractivity contribution in [1.82, 2.24) is 10.2 Å². The molecule has 0 aromatic carbocycles. The van der Waals surface area contributed by atoms with E-state index in [2.05, 4.69) is 17.1 Å². The van der Waals surface area contributed by atoms with Crippen LogP contribution in [0.1, 0.15) is 90.4 Å². The Bertz CT molecular complexity index is 248. The second-order valence-electron chi connectivity index (χ2n) is 7.28. The van der Waals surface area contributed by atoms with Crippen LogP contribution in [0.5, 0.6) is 0 Å². The second kappa shape index (κ2) is 10.6. The zero-order chi connectivity index (χ0) is 14.8. The zero-order valence-corrected chi connectivity index (χ0v) is 14.4. The van der Waals surface area contributed by atoms with Crippen molar-refractivity contribution in [2.24, 2.45) is 0 Å². The molecule has 124 valence electrons. The van der Waals surface area contributed by atoms with E-state index in [0.717, 1.165) is 12.1 Å². The standard InChI is InChI=1S/C19H38N2/c1-2-15-20-18-13-9-7-5-3-4-6-8-10-14-19(18)21-16-11-12-17-21/h18-20H,2-17H2,1H3. The predicted molar refractivity (Wildman–Crippen MR) is 92.8 cm³/mol. The quantitative estimate of drug-likeness (QED) is 0.806. The Morgan fingerprint density at radius 2 is 1.33 bits per heavy atom. The first-order chi connectivity index (χ1) is 10.4. The SMILES string of the molecule is CCCNC1CCCCCCCCCCC1N1CCCC1. The van der Waals surface area contributed by atoms with Gasteiger partial charge in [0.2, 0.25) is 0 Å². The van der Waals surface area contributed by atoms with Crippen molar-refractivity contribution in [2.75, 3.05) is 19.6 Å². The topological polar surface area (TPSA) is 15.3 Å². The average Bonchev–Trinajstić information content (AvgIpc) is 3.00. The molecule has 1 N–H and O–H groups in total. The minimum atomic E-state index is 0.752. The highest BCUT2D eigenvalue weighted by Gasteiger charge is 2.28. The molecular formula is C19H38N2. The van der Waals surface area contributed by atoms with E-state index >= 15 is 0 Å². The number of rotatable bonds is 4. The van der Waals surface area contributed by atoms with Gasteiger partial charge in [0, 0.05) is 12.1 Å². The summed E-state index contributed by atoms with van der Waals surface area (Å²) in [5, 5.41) is 3.91. The fourth-order valence-corrected chi connectivity index (χ4v) is 4.25. The van der Waals surface area contributed by atoms with Gasteiger partial charge in [0.15, 0.2) is 0 Å². The van der Waals surface area contributed by atoms with Crippen LogP contribution in [0.25, 0.3) is 0 Å². The number of hydrogen-bond acceptors (Lipinski definition) is 2. The van der Waals surface area contributed by atoms with E-state index in [0.29, 0.717) is 0 Å². The van der Waals surface area contributed by atoms with Crippen molar-refractivity contribution >= 4 is 0 Å². The van der Waals surface area contributed by atoms with Crippen LogP contribution in [0.15, 0.2) is 0 Å². The molecule has 0 spiro atoms. The summed E-state index contributed by atoms with van der Waals surface area (Å²) in [5.41, 5.74) is 0. The molecule has 2 aliphatic rings. The minimum absolute atomic E-state index is 0.752. The summed E-state index contributed by atoms with van der Waals surface area (Å²) in [6.45, 7) is 6.21. The predicted octanol–water partition coefficient (Wildman–Crippen LogP) is 4.73. The average molecular weight is 295 g/mol. The van der Waals surface area contributed by atoms with E-state index in [1.165, 1.54) is 103 Å². The highest BCUT2D eigenvalue weighted by atomic mass is 15.2. The molecule has 21 heavy (non-hydrogen) atoms. The first-order valence-electron chi connectivity index (χ1n) is 9.89. The normalized spacial score (nSPS) is 30.7. The van der Waals surface area contributed by atoms with Gasteiger partial charge in [-0.2, -0.15) is 0 Å². The van der Waals surface area contributed by atoms with Gasteiger partial charge in [-0.3, -0.25) is 4.90 Å². The fourth-order valence-electron chi connectivity index (χ4n) is 4.25. The molecule has 2 fully saturated rings. The Kier molecular flexibility index (Phi) is 8.73. The number of hydrogen-bond donors (Lipinski definition) is 1. The van der Waals surface area contributed by atoms with Gasteiger partial charge in [0.25, 0.3) is 0 Å². The Morgan fingerprint density at radius 3 is 1.95 bits per heavy atom. The molecule has 0 amide bonds. The summed E-state index contributed by atoms with van der Waals surface area (Å²) in [6.07, 6.45) is 18.7. The van der Waals surface area contributed by atoms with Gasteiger partial charge in [0.05, 0.1) is 0 Å². The van der Waals surface area contributed by atoms with Crippen LogP contribution in [0.4, 0.5) is 0 Å². The van der Waals surface area contributed by atoms with Gasteiger partial charge in [0.1, 0.15) is 0 Å². The lowest BCUT2D eigenvalue weighted by molar-refractivity contribution is 0.168. The third-order valence-corrected chi connectivity index (χ3v) is 5.50. The monoisotopic (exact) mass is 294 g/mol. The molecule has 0 aromatic heterocycles.